The maximum absolute atomic E-state index is 11.5. The Labute approximate surface area is 162 Å². The van der Waals surface area contributed by atoms with E-state index in [0.717, 1.165) is 16.7 Å². The minimum Gasteiger partial charge on any atom is -0.268 e. The molecule has 2 aromatic carbocycles. The van der Waals surface area contributed by atoms with Crippen molar-refractivity contribution in [3.05, 3.63) is 100 Å². The molecular formula is C22H18N4O2. The summed E-state index contributed by atoms with van der Waals surface area (Å²) in [5.41, 5.74) is 5.24. The normalized spacial score (nSPS) is 10.8. The number of hydrogen-bond donors (Lipinski definition) is 0. The summed E-state index contributed by atoms with van der Waals surface area (Å²) >= 11 is 0. The van der Waals surface area contributed by atoms with E-state index in [-0.39, 0.29) is 10.6 Å². The minimum atomic E-state index is -0.367. The highest BCUT2D eigenvalue weighted by atomic mass is 16.6. The fourth-order valence-corrected chi connectivity index (χ4v) is 3.10. The van der Waals surface area contributed by atoms with Gasteiger partial charge in [-0.05, 0) is 47.9 Å². The Morgan fingerprint density at radius 3 is 2.54 bits per heavy atom. The van der Waals surface area contributed by atoms with Gasteiger partial charge in [-0.15, -0.1) is 0 Å². The Morgan fingerprint density at radius 1 is 1.04 bits per heavy atom. The van der Waals surface area contributed by atoms with Gasteiger partial charge in [-0.3, -0.25) is 19.8 Å². The van der Waals surface area contributed by atoms with Crippen molar-refractivity contribution in [1.82, 2.24) is 14.8 Å². The lowest BCUT2D eigenvalue weighted by molar-refractivity contribution is -0.384. The van der Waals surface area contributed by atoms with Gasteiger partial charge < -0.3 is 0 Å². The molecule has 6 nitrogen and oxygen atoms in total. The van der Waals surface area contributed by atoms with Crippen LogP contribution in [0.4, 0.5) is 5.69 Å². The van der Waals surface area contributed by atoms with Crippen LogP contribution >= 0.6 is 0 Å². The van der Waals surface area contributed by atoms with Crippen molar-refractivity contribution in [1.29, 1.82) is 0 Å². The fraction of sp³-hybridized carbons (Fsp3) is 0.0909. The van der Waals surface area contributed by atoms with Crippen LogP contribution < -0.4 is 0 Å². The van der Waals surface area contributed by atoms with E-state index in [1.807, 2.05) is 55.6 Å². The van der Waals surface area contributed by atoms with Crippen LogP contribution in [0.5, 0.6) is 0 Å². The first-order chi connectivity index (χ1) is 13.6. The molecule has 4 rings (SSSR count). The molecule has 2 aromatic heterocycles. The zero-order valence-corrected chi connectivity index (χ0v) is 15.3. The van der Waals surface area contributed by atoms with E-state index >= 15 is 0 Å². The Kier molecular flexibility index (Phi) is 4.68. The Bertz CT molecular complexity index is 1120. The first-order valence-corrected chi connectivity index (χ1v) is 8.88. The van der Waals surface area contributed by atoms with Gasteiger partial charge in [-0.2, -0.15) is 5.10 Å². The van der Waals surface area contributed by atoms with Crippen LogP contribution in [-0.2, 0) is 6.54 Å². The molecular weight excluding hydrogens is 352 g/mol. The molecule has 0 saturated carbocycles. The van der Waals surface area contributed by atoms with Gasteiger partial charge in [0.05, 0.1) is 22.7 Å². The van der Waals surface area contributed by atoms with Gasteiger partial charge in [0.25, 0.3) is 5.69 Å². The predicted molar refractivity (Wildman–Crippen MR) is 108 cm³/mol. The summed E-state index contributed by atoms with van der Waals surface area (Å²) in [4.78, 5) is 15.3. The SMILES string of the molecule is Cc1ccc(-c2ccc([N+](=O)[O-])c(-c3ccn(Cc4cccnc4)n3)c2)cc1. The number of nitro groups is 1. The van der Waals surface area contributed by atoms with Crippen molar-refractivity contribution in [3.8, 4) is 22.4 Å². The molecule has 6 heteroatoms. The number of pyridine rings is 1. The molecule has 28 heavy (non-hydrogen) atoms. The highest BCUT2D eigenvalue weighted by Crippen LogP contribution is 2.33. The summed E-state index contributed by atoms with van der Waals surface area (Å²) in [6, 6.07) is 18.9. The lowest BCUT2D eigenvalue weighted by Crippen LogP contribution is -2.01. The largest absolute Gasteiger partial charge is 0.278 e. The third-order valence-electron chi connectivity index (χ3n) is 4.56. The summed E-state index contributed by atoms with van der Waals surface area (Å²) in [7, 11) is 0. The van der Waals surface area contributed by atoms with Crippen LogP contribution in [0.3, 0.4) is 0 Å². The second-order valence-corrected chi connectivity index (χ2v) is 6.61. The van der Waals surface area contributed by atoms with E-state index < -0.39 is 0 Å². The van der Waals surface area contributed by atoms with Gasteiger partial charge in [0.1, 0.15) is 0 Å². The van der Waals surface area contributed by atoms with Crippen LogP contribution in [0, 0.1) is 17.0 Å². The van der Waals surface area contributed by atoms with Crippen LogP contribution in [0.1, 0.15) is 11.1 Å². The highest BCUT2D eigenvalue weighted by Gasteiger charge is 2.18. The molecule has 0 aliphatic heterocycles. The zero-order chi connectivity index (χ0) is 19.5. The van der Waals surface area contributed by atoms with Gasteiger partial charge in [-0.1, -0.05) is 35.9 Å². The minimum absolute atomic E-state index is 0.0440. The number of rotatable bonds is 5. The average molecular weight is 370 g/mol. The van der Waals surface area contributed by atoms with E-state index in [4.69, 9.17) is 0 Å². The number of nitrogens with zero attached hydrogens (tertiary/aromatic N) is 4. The second-order valence-electron chi connectivity index (χ2n) is 6.61. The summed E-state index contributed by atoms with van der Waals surface area (Å²) in [6.07, 6.45) is 5.32. The number of nitro benzene ring substituents is 1. The maximum Gasteiger partial charge on any atom is 0.278 e. The summed E-state index contributed by atoms with van der Waals surface area (Å²) in [5.74, 6) is 0. The lowest BCUT2D eigenvalue weighted by atomic mass is 9.99. The van der Waals surface area contributed by atoms with Crippen LogP contribution in [0.25, 0.3) is 22.4 Å². The summed E-state index contributed by atoms with van der Waals surface area (Å²) < 4.78 is 1.76. The topological polar surface area (TPSA) is 73.8 Å². The first kappa shape index (κ1) is 17.6. The molecule has 0 aliphatic rings. The summed E-state index contributed by atoms with van der Waals surface area (Å²) in [6.45, 7) is 2.58. The Hall–Kier alpha value is -3.80. The standard InChI is InChI=1S/C22H18N4O2/c1-16-4-6-18(7-5-16)19-8-9-22(26(27)28)20(13-19)21-10-12-25(24-21)15-17-3-2-11-23-14-17/h2-14H,15H2,1H3. The number of hydrogen-bond acceptors (Lipinski definition) is 4. The molecule has 0 amide bonds. The van der Waals surface area contributed by atoms with Gasteiger partial charge in [0.2, 0.25) is 0 Å². The molecule has 0 N–H and O–H groups in total. The van der Waals surface area contributed by atoms with E-state index in [2.05, 4.69) is 10.1 Å². The van der Waals surface area contributed by atoms with Crippen LogP contribution in [-0.4, -0.2) is 19.7 Å². The number of aromatic nitrogens is 3. The highest BCUT2D eigenvalue weighted by molar-refractivity contribution is 5.78. The third-order valence-corrected chi connectivity index (χ3v) is 4.56. The van der Waals surface area contributed by atoms with Crippen molar-refractivity contribution < 1.29 is 4.92 Å². The smallest absolute Gasteiger partial charge is 0.268 e. The predicted octanol–water partition coefficient (Wildman–Crippen LogP) is 4.88. The first-order valence-electron chi connectivity index (χ1n) is 8.88. The van der Waals surface area contributed by atoms with E-state index in [9.17, 15) is 10.1 Å². The molecule has 0 atom stereocenters. The lowest BCUT2D eigenvalue weighted by Gasteiger charge is -2.06. The molecule has 4 aromatic rings. The fourth-order valence-electron chi connectivity index (χ4n) is 3.10. The molecule has 0 radical (unpaired) electrons. The van der Waals surface area contributed by atoms with E-state index in [1.54, 1.807) is 35.3 Å². The molecule has 0 fully saturated rings. The summed E-state index contributed by atoms with van der Waals surface area (Å²) in [5, 5.41) is 16.1. The third kappa shape index (κ3) is 3.66. The van der Waals surface area contributed by atoms with Crippen LogP contribution in [0.2, 0.25) is 0 Å². The average Bonchev–Trinajstić information content (AvgIpc) is 3.17. The number of benzene rings is 2. The van der Waals surface area contributed by atoms with Gasteiger partial charge in [-0.25, -0.2) is 0 Å². The zero-order valence-electron chi connectivity index (χ0n) is 15.3. The molecule has 138 valence electrons. The Balaban J connectivity index is 1.72. The molecule has 0 bridgehead atoms. The molecule has 0 aliphatic carbocycles. The van der Waals surface area contributed by atoms with E-state index in [1.165, 1.54) is 5.56 Å². The number of aryl methyl sites for hydroxylation is 1. The molecule has 2 heterocycles. The van der Waals surface area contributed by atoms with E-state index in [0.29, 0.717) is 17.8 Å². The maximum atomic E-state index is 11.5. The van der Waals surface area contributed by atoms with Crippen molar-refractivity contribution >= 4 is 5.69 Å². The van der Waals surface area contributed by atoms with Crippen molar-refractivity contribution in [3.63, 3.8) is 0 Å². The van der Waals surface area contributed by atoms with Gasteiger partial charge in [0.15, 0.2) is 0 Å². The molecule has 0 unspecified atom stereocenters. The van der Waals surface area contributed by atoms with Gasteiger partial charge in [0, 0.05) is 24.7 Å². The molecule has 0 spiro atoms. The van der Waals surface area contributed by atoms with Gasteiger partial charge >= 0.3 is 0 Å². The van der Waals surface area contributed by atoms with Crippen molar-refractivity contribution in [2.75, 3.05) is 0 Å². The monoisotopic (exact) mass is 370 g/mol. The molecule has 0 saturated heterocycles. The van der Waals surface area contributed by atoms with Crippen molar-refractivity contribution in [2.24, 2.45) is 0 Å². The van der Waals surface area contributed by atoms with Crippen LogP contribution in [0.15, 0.2) is 79.3 Å². The second kappa shape index (κ2) is 7.44. The Morgan fingerprint density at radius 2 is 1.82 bits per heavy atom. The quantitative estimate of drug-likeness (QED) is 0.371. The van der Waals surface area contributed by atoms with Crippen molar-refractivity contribution in [2.45, 2.75) is 13.5 Å².